The second-order valence-electron chi connectivity index (χ2n) is 10.5. The summed E-state index contributed by atoms with van der Waals surface area (Å²) in [4.78, 5) is 12.4. The number of esters is 1. The zero-order valence-electron chi connectivity index (χ0n) is 22.6. The third-order valence-corrected chi connectivity index (χ3v) is 6.59. The number of unbranched alkanes of at least 4 members (excludes halogenated alkanes) is 5. The molecule has 0 spiro atoms. The van der Waals surface area contributed by atoms with Crippen LogP contribution in [0.4, 0.5) is 0 Å². The number of aryl methyl sites for hydroxylation is 1. The van der Waals surface area contributed by atoms with Gasteiger partial charge in [-0.3, -0.25) is 4.79 Å². The number of quaternary nitrogens is 1. The normalized spacial score (nSPS) is 12.3. The van der Waals surface area contributed by atoms with Gasteiger partial charge in [-0.1, -0.05) is 94.5 Å². The molecule has 0 amide bonds. The van der Waals surface area contributed by atoms with Crippen LogP contribution in [0.15, 0.2) is 54.6 Å². The van der Waals surface area contributed by atoms with E-state index in [1.54, 1.807) is 0 Å². The summed E-state index contributed by atoms with van der Waals surface area (Å²) in [5.74, 6) is 0.773. The minimum absolute atomic E-state index is 0.0952. The van der Waals surface area contributed by atoms with Gasteiger partial charge in [0.25, 0.3) is 0 Å². The van der Waals surface area contributed by atoms with E-state index in [-0.39, 0.29) is 11.9 Å². The van der Waals surface area contributed by atoms with Crippen LogP contribution in [-0.2, 0) is 22.5 Å². The van der Waals surface area contributed by atoms with Crippen LogP contribution in [0.2, 0.25) is 0 Å². The van der Waals surface area contributed by atoms with Crippen molar-refractivity contribution in [3.63, 3.8) is 0 Å². The van der Waals surface area contributed by atoms with Crippen molar-refractivity contribution in [2.75, 3.05) is 33.9 Å². The molecule has 0 radical (unpaired) electrons. The number of nitrogens with zero attached hydrogens (tertiary/aromatic N) is 1. The summed E-state index contributed by atoms with van der Waals surface area (Å²) < 4.78 is 12.4. The SMILES string of the molecule is CCCCCCCCc1ccccc1OCCCOC(=O)C(C)CC[N+](C)(C)Cc1ccccc1. The van der Waals surface area contributed by atoms with E-state index in [0.717, 1.165) is 36.2 Å². The number of carbonyl (C=O) groups excluding carboxylic acids is 1. The van der Waals surface area contributed by atoms with Gasteiger partial charge < -0.3 is 14.0 Å². The van der Waals surface area contributed by atoms with Crippen LogP contribution < -0.4 is 4.74 Å². The Morgan fingerprint density at radius 3 is 2.31 bits per heavy atom. The highest BCUT2D eigenvalue weighted by Gasteiger charge is 2.21. The summed E-state index contributed by atoms with van der Waals surface area (Å²) in [6, 6.07) is 18.8. The Morgan fingerprint density at radius 2 is 1.54 bits per heavy atom. The molecule has 0 N–H and O–H groups in total. The predicted octanol–water partition coefficient (Wildman–Crippen LogP) is 7.20. The van der Waals surface area contributed by atoms with E-state index in [0.29, 0.717) is 19.6 Å². The Bertz CT molecular complexity index is 834. The van der Waals surface area contributed by atoms with Crippen molar-refractivity contribution < 1.29 is 18.8 Å². The van der Waals surface area contributed by atoms with Crippen LogP contribution in [0, 0.1) is 5.92 Å². The molecule has 1 unspecified atom stereocenters. The zero-order valence-corrected chi connectivity index (χ0v) is 22.6. The molecule has 1 atom stereocenters. The van der Waals surface area contributed by atoms with E-state index >= 15 is 0 Å². The maximum absolute atomic E-state index is 12.4. The molecule has 0 saturated heterocycles. The van der Waals surface area contributed by atoms with E-state index in [1.165, 1.54) is 49.7 Å². The fourth-order valence-corrected chi connectivity index (χ4v) is 4.32. The molecule has 2 rings (SSSR count). The molecule has 4 nitrogen and oxygen atoms in total. The van der Waals surface area contributed by atoms with Gasteiger partial charge in [0.1, 0.15) is 12.3 Å². The Morgan fingerprint density at radius 1 is 0.857 bits per heavy atom. The lowest BCUT2D eigenvalue weighted by Gasteiger charge is -2.30. The van der Waals surface area contributed by atoms with Crippen LogP contribution in [-0.4, -0.2) is 44.3 Å². The van der Waals surface area contributed by atoms with Gasteiger partial charge in [0.15, 0.2) is 0 Å². The fourth-order valence-electron chi connectivity index (χ4n) is 4.32. The summed E-state index contributed by atoms with van der Waals surface area (Å²) in [6.07, 6.45) is 10.4. The average molecular weight is 483 g/mol. The van der Waals surface area contributed by atoms with Gasteiger partial charge in [0, 0.05) is 18.4 Å². The number of hydrogen-bond donors (Lipinski definition) is 0. The van der Waals surface area contributed by atoms with Crippen molar-refractivity contribution in [2.24, 2.45) is 5.92 Å². The van der Waals surface area contributed by atoms with Gasteiger partial charge in [-0.15, -0.1) is 0 Å². The van der Waals surface area contributed by atoms with Crippen molar-refractivity contribution in [1.82, 2.24) is 0 Å². The summed E-state index contributed by atoms with van der Waals surface area (Å²) in [6.45, 7) is 7.09. The number of benzene rings is 2. The molecular weight excluding hydrogens is 434 g/mol. The van der Waals surface area contributed by atoms with Crippen LogP contribution >= 0.6 is 0 Å². The molecule has 0 aliphatic heterocycles. The number of ether oxygens (including phenoxy) is 2. The van der Waals surface area contributed by atoms with Crippen LogP contribution in [0.5, 0.6) is 5.75 Å². The van der Waals surface area contributed by atoms with Gasteiger partial charge in [-0.05, 0) is 24.5 Å². The molecule has 4 heteroatoms. The largest absolute Gasteiger partial charge is 0.493 e. The minimum atomic E-state index is -0.104. The molecule has 194 valence electrons. The topological polar surface area (TPSA) is 35.5 Å². The Hall–Kier alpha value is -2.33. The maximum Gasteiger partial charge on any atom is 0.308 e. The van der Waals surface area contributed by atoms with E-state index in [9.17, 15) is 4.79 Å². The lowest BCUT2D eigenvalue weighted by molar-refractivity contribution is -0.904. The summed E-state index contributed by atoms with van der Waals surface area (Å²) in [7, 11) is 4.43. The number of carbonyl (C=O) groups is 1. The van der Waals surface area contributed by atoms with E-state index in [2.05, 4.69) is 63.5 Å². The van der Waals surface area contributed by atoms with Crippen molar-refractivity contribution in [3.05, 3.63) is 65.7 Å². The van der Waals surface area contributed by atoms with Gasteiger partial charge >= 0.3 is 5.97 Å². The van der Waals surface area contributed by atoms with E-state index < -0.39 is 0 Å². The molecule has 2 aromatic carbocycles. The first-order valence-corrected chi connectivity index (χ1v) is 13.6. The lowest BCUT2D eigenvalue weighted by Crippen LogP contribution is -2.40. The summed E-state index contributed by atoms with van der Waals surface area (Å²) in [5, 5.41) is 0. The predicted molar refractivity (Wildman–Crippen MR) is 145 cm³/mol. The van der Waals surface area contributed by atoms with Crippen LogP contribution in [0.25, 0.3) is 0 Å². The third kappa shape index (κ3) is 12.3. The van der Waals surface area contributed by atoms with E-state index in [4.69, 9.17) is 9.47 Å². The maximum atomic E-state index is 12.4. The van der Waals surface area contributed by atoms with Gasteiger partial charge in [-0.2, -0.15) is 0 Å². The molecule has 0 aliphatic rings. The first-order chi connectivity index (χ1) is 16.9. The van der Waals surface area contributed by atoms with Crippen LogP contribution in [0.3, 0.4) is 0 Å². The summed E-state index contributed by atoms with van der Waals surface area (Å²) >= 11 is 0. The van der Waals surface area contributed by atoms with Crippen molar-refractivity contribution in [3.8, 4) is 5.75 Å². The fraction of sp³-hybridized carbons (Fsp3) is 0.581. The van der Waals surface area contributed by atoms with Crippen molar-refractivity contribution in [2.45, 2.75) is 78.2 Å². The highest BCUT2D eigenvalue weighted by atomic mass is 16.5. The zero-order chi connectivity index (χ0) is 25.4. The average Bonchev–Trinajstić information content (AvgIpc) is 2.85. The summed E-state index contributed by atoms with van der Waals surface area (Å²) in [5.41, 5.74) is 2.60. The highest BCUT2D eigenvalue weighted by Crippen LogP contribution is 2.21. The molecule has 0 fully saturated rings. The molecule has 0 heterocycles. The third-order valence-electron chi connectivity index (χ3n) is 6.59. The molecule has 2 aromatic rings. The molecule has 0 saturated carbocycles. The molecule has 0 aliphatic carbocycles. The molecule has 0 bridgehead atoms. The Labute approximate surface area is 214 Å². The highest BCUT2D eigenvalue weighted by molar-refractivity contribution is 5.71. The first kappa shape index (κ1) is 28.9. The lowest BCUT2D eigenvalue weighted by atomic mass is 10.0. The molecule has 35 heavy (non-hydrogen) atoms. The quantitative estimate of drug-likeness (QED) is 0.128. The smallest absolute Gasteiger partial charge is 0.308 e. The second-order valence-corrected chi connectivity index (χ2v) is 10.5. The monoisotopic (exact) mass is 482 g/mol. The number of rotatable bonds is 18. The van der Waals surface area contributed by atoms with Crippen molar-refractivity contribution in [1.29, 1.82) is 0 Å². The molecular formula is C31H48NO3+. The van der Waals surface area contributed by atoms with E-state index in [1.807, 2.05) is 19.1 Å². The van der Waals surface area contributed by atoms with Gasteiger partial charge in [0.2, 0.25) is 0 Å². The number of para-hydroxylation sites is 1. The molecule has 0 aromatic heterocycles. The van der Waals surface area contributed by atoms with Gasteiger partial charge in [0.05, 0.1) is 39.8 Å². The second kappa shape index (κ2) is 16.4. The van der Waals surface area contributed by atoms with Gasteiger partial charge in [-0.25, -0.2) is 0 Å². The van der Waals surface area contributed by atoms with Crippen LogP contribution in [0.1, 0.15) is 76.3 Å². The minimum Gasteiger partial charge on any atom is -0.493 e. The number of hydrogen-bond acceptors (Lipinski definition) is 3. The first-order valence-electron chi connectivity index (χ1n) is 13.6. The standard InChI is InChI=1S/C31H48NO3/c1-5-6-7-8-9-13-19-29-20-14-15-21-30(29)34-24-16-25-35-31(33)27(2)22-23-32(3,4)26-28-17-11-10-12-18-28/h10-12,14-15,17-18,20-21,27H,5-9,13,16,19,22-26H2,1-4H3/q+1. The Kier molecular flexibility index (Phi) is 13.5. The van der Waals surface area contributed by atoms with Crippen molar-refractivity contribution >= 4 is 5.97 Å². The Balaban J connectivity index is 1.62.